The lowest BCUT2D eigenvalue weighted by Crippen LogP contribution is -2.29. The van der Waals surface area contributed by atoms with Crippen LogP contribution in [0.5, 0.6) is 5.88 Å². The maximum atomic E-state index is 12.9. The van der Waals surface area contributed by atoms with Gasteiger partial charge < -0.3 is 20.2 Å². The molecule has 4 N–H and O–H groups in total. The molecule has 2 aromatic heterocycles. The van der Waals surface area contributed by atoms with Gasteiger partial charge in [-0.1, -0.05) is 12.1 Å². The fourth-order valence-electron chi connectivity index (χ4n) is 3.04. The zero-order valence-electron chi connectivity index (χ0n) is 17.1. The van der Waals surface area contributed by atoms with E-state index in [1.165, 1.54) is 6.33 Å². The van der Waals surface area contributed by atoms with Crippen molar-refractivity contribution >= 4 is 11.7 Å². The molecule has 0 radical (unpaired) electrons. The molecule has 2 atom stereocenters. The van der Waals surface area contributed by atoms with E-state index in [0.29, 0.717) is 36.6 Å². The fourth-order valence-corrected chi connectivity index (χ4v) is 3.04. The van der Waals surface area contributed by atoms with E-state index in [1.807, 2.05) is 0 Å². The quantitative estimate of drug-likeness (QED) is 0.458. The summed E-state index contributed by atoms with van der Waals surface area (Å²) in [4.78, 5) is 29.7. The first-order chi connectivity index (χ1) is 15.5. The van der Waals surface area contributed by atoms with Crippen molar-refractivity contribution in [1.82, 2.24) is 30.6 Å². The lowest BCUT2D eigenvalue weighted by atomic mass is 10.1. The average Bonchev–Trinajstić information content (AvgIpc) is 3.51. The number of ether oxygens (including phenoxy) is 2. The Morgan fingerprint density at radius 3 is 3.03 bits per heavy atom. The van der Waals surface area contributed by atoms with E-state index >= 15 is 0 Å². The summed E-state index contributed by atoms with van der Waals surface area (Å²) in [7, 11) is 0. The Bertz CT molecular complexity index is 1140. The van der Waals surface area contributed by atoms with Crippen LogP contribution in [0.15, 0.2) is 30.6 Å². The predicted octanol–water partition coefficient (Wildman–Crippen LogP) is 1.31. The number of H-pyrrole nitrogens is 1. The third-order valence-corrected chi connectivity index (χ3v) is 4.70. The Morgan fingerprint density at radius 1 is 1.44 bits per heavy atom. The van der Waals surface area contributed by atoms with Gasteiger partial charge >= 0.3 is 0 Å². The molecule has 0 bridgehead atoms. The van der Waals surface area contributed by atoms with Crippen LogP contribution < -0.4 is 16.0 Å². The van der Waals surface area contributed by atoms with E-state index in [4.69, 9.17) is 25.3 Å². The number of nitrogens with two attached hydrogens (primary N) is 1. The number of aromatic nitrogens is 5. The summed E-state index contributed by atoms with van der Waals surface area (Å²) < 4.78 is 11.3. The molecule has 1 aliphatic heterocycles. The van der Waals surface area contributed by atoms with E-state index in [9.17, 15) is 4.79 Å². The van der Waals surface area contributed by atoms with Crippen LogP contribution in [0, 0.1) is 11.3 Å². The lowest BCUT2D eigenvalue weighted by molar-refractivity contribution is -0.0127. The van der Waals surface area contributed by atoms with E-state index in [1.54, 1.807) is 31.2 Å². The third-order valence-electron chi connectivity index (χ3n) is 4.70. The summed E-state index contributed by atoms with van der Waals surface area (Å²) in [5, 5.41) is 16.7. The van der Waals surface area contributed by atoms with Gasteiger partial charge in [0, 0.05) is 12.0 Å². The molecule has 164 valence electrons. The summed E-state index contributed by atoms with van der Waals surface area (Å²) in [6.07, 6.45) is 1.16. The highest BCUT2D eigenvalue weighted by molar-refractivity contribution is 6.00. The van der Waals surface area contributed by atoms with Crippen molar-refractivity contribution in [2.75, 3.05) is 18.9 Å². The molecular weight excluding hydrogens is 416 g/mol. The second-order valence-corrected chi connectivity index (χ2v) is 6.97. The van der Waals surface area contributed by atoms with E-state index in [2.05, 4.69) is 36.7 Å². The van der Waals surface area contributed by atoms with Crippen molar-refractivity contribution in [2.24, 2.45) is 0 Å². The Balaban J connectivity index is 1.63. The van der Waals surface area contributed by atoms with Gasteiger partial charge in [-0.3, -0.25) is 9.63 Å². The highest BCUT2D eigenvalue weighted by atomic mass is 16.7. The fraction of sp³-hybridized carbons (Fsp3) is 0.300. The minimum Gasteiger partial charge on any atom is -0.471 e. The Morgan fingerprint density at radius 2 is 2.31 bits per heavy atom. The largest absolute Gasteiger partial charge is 0.471 e. The van der Waals surface area contributed by atoms with Crippen molar-refractivity contribution in [3.8, 4) is 23.3 Å². The number of hydroxylamine groups is 1. The Hall–Kier alpha value is -4.08. The van der Waals surface area contributed by atoms with Gasteiger partial charge in [0.15, 0.2) is 11.6 Å². The highest BCUT2D eigenvalue weighted by Crippen LogP contribution is 2.28. The number of hydrogen-bond acceptors (Lipinski definition) is 10. The second kappa shape index (κ2) is 9.38. The van der Waals surface area contributed by atoms with Gasteiger partial charge in [-0.15, -0.1) is 10.2 Å². The number of hydrogen-bond donors (Lipinski definition) is 3. The minimum absolute atomic E-state index is 0.00113. The number of nitrogen functional groups attached to an aromatic ring is 1. The first-order valence-electron chi connectivity index (χ1n) is 9.79. The number of rotatable bonds is 7. The van der Waals surface area contributed by atoms with Gasteiger partial charge in [0.1, 0.15) is 29.9 Å². The molecule has 0 aliphatic carbocycles. The summed E-state index contributed by atoms with van der Waals surface area (Å²) in [6, 6.07) is 8.79. The van der Waals surface area contributed by atoms with Gasteiger partial charge in [0.05, 0.1) is 24.8 Å². The predicted molar refractivity (Wildman–Crippen MR) is 110 cm³/mol. The van der Waals surface area contributed by atoms with Crippen LogP contribution >= 0.6 is 0 Å². The molecule has 1 saturated heterocycles. The maximum absolute atomic E-state index is 12.9. The zero-order chi connectivity index (χ0) is 22.5. The molecule has 1 aromatic carbocycles. The maximum Gasteiger partial charge on any atom is 0.284 e. The van der Waals surface area contributed by atoms with Crippen LogP contribution in [0.1, 0.15) is 41.2 Å². The molecule has 3 heterocycles. The molecule has 1 fully saturated rings. The van der Waals surface area contributed by atoms with E-state index in [-0.39, 0.29) is 29.2 Å². The van der Waals surface area contributed by atoms with Crippen molar-refractivity contribution in [1.29, 1.82) is 5.26 Å². The van der Waals surface area contributed by atoms with Crippen molar-refractivity contribution in [3.63, 3.8) is 0 Å². The van der Waals surface area contributed by atoms with Crippen molar-refractivity contribution in [2.45, 2.75) is 25.6 Å². The van der Waals surface area contributed by atoms with Crippen molar-refractivity contribution < 1.29 is 19.1 Å². The Labute approximate surface area is 182 Å². The SMILES string of the molecule is CC(ONC(=O)c1c(N)nc(-c2cccc(C#N)c2)nc1O[C@H]1CCOC1)c1nnc[nH]1. The van der Waals surface area contributed by atoms with Gasteiger partial charge in [0.25, 0.3) is 5.91 Å². The number of benzene rings is 1. The molecular formula is C20H20N8O4. The van der Waals surface area contributed by atoms with Gasteiger partial charge in [-0.05, 0) is 19.1 Å². The smallest absolute Gasteiger partial charge is 0.284 e. The van der Waals surface area contributed by atoms with Gasteiger partial charge in [0.2, 0.25) is 5.88 Å². The molecule has 32 heavy (non-hydrogen) atoms. The summed E-state index contributed by atoms with van der Waals surface area (Å²) in [6.45, 7) is 2.59. The molecule has 0 spiro atoms. The van der Waals surface area contributed by atoms with Crippen LogP contribution in [-0.4, -0.2) is 50.4 Å². The number of amides is 1. The minimum atomic E-state index is -0.680. The standard InChI is InChI=1S/C20H20N8O4/c1-11(17-23-10-24-27-17)32-28-19(29)15-16(22)25-18(13-4-2-3-12(7-13)8-21)26-20(15)31-14-5-6-30-9-14/h2-4,7,10-11,14H,5-6,9H2,1H3,(H,28,29)(H2,22,25,26)(H,23,24,27)/t11?,14-/m0/s1. The molecule has 1 amide bonds. The molecule has 12 heteroatoms. The number of carbonyl (C=O) groups is 1. The molecule has 4 rings (SSSR count). The number of nitriles is 1. The average molecular weight is 436 g/mol. The zero-order valence-corrected chi connectivity index (χ0v) is 17.1. The number of nitrogens with one attached hydrogen (secondary N) is 2. The monoisotopic (exact) mass is 436 g/mol. The van der Waals surface area contributed by atoms with E-state index in [0.717, 1.165) is 0 Å². The molecule has 1 aliphatic rings. The number of carbonyl (C=O) groups excluding carboxylic acids is 1. The van der Waals surface area contributed by atoms with Crippen LogP contribution in [0.4, 0.5) is 5.82 Å². The third kappa shape index (κ3) is 4.64. The normalized spacial score (nSPS) is 16.3. The number of aromatic amines is 1. The second-order valence-electron chi connectivity index (χ2n) is 6.97. The first-order valence-corrected chi connectivity index (χ1v) is 9.79. The van der Waals surface area contributed by atoms with Crippen LogP contribution in [0.2, 0.25) is 0 Å². The van der Waals surface area contributed by atoms with Crippen LogP contribution in [-0.2, 0) is 9.57 Å². The molecule has 0 saturated carbocycles. The van der Waals surface area contributed by atoms with Crippen molar-refractivity contribution in [3.05, 3.63) is 47.5 Å². The Kier molecular flexibility index (Phi) is 6.20. The summed E-state index contributed by atoms with van der Waals surface area (Å²) in [5.41, 5.74) is 9.39. The highest BCUT2D eigenvalue weighted by Gasteiger charge is 2.27. The van der Waals surface area contributed by atoms with E-state index < -0.39 is 12.0 Å². The summed E-state index contributed by atoms with van der Waals surface area (Å²) >= 11 is 0. The molecule has 12 nitrogen and oxygen atoms in total. The van der Waals surface area contributed by atoms with Crippen LogP contribution in [0.25, 0.3) is 11.4 Å². The summed E-state index contributed by atoms with van der Waals surface area (Å²) in [5.74, 6) is -0.124. The molecule has 1 unspecified atom stereocenters. The first kappa shape index (κ1) is 21.2. The number of nitrogens with zero attached hydrogens (tertiary/aromatic N) is 5. The number of anilines is 1. The topological polar surface area (TPSA) is 174 Å². The van der Waals surface area contributed by atoms with Gasteiger partial charge in [-0.2, -0.15) is 10.2 Å². The molecule has 3 aromatic rings. The lowest BCUT2D eigenvalue weighted by Gasteiger charge is -2.17. The van der Waals surface area contributed by atoms with Gasteiger partial charge in [-0.25, -0.2) is 10.5 Å². The van der Waals surface area contributed by atoms with Crippen LogP contribution in [0.3, 0.4) is 0 Å².